The molecule has 26 heavy (non-hydrogen) atoms. The van der Waals surface area contributed by atoms with Crippen molar-refractivity contribution in [2.24, 2.45) is 0 Å². The molecule has 0 saturated heterocycles. The first-order valence-electron chi connectivity index (χ1n) is 9.98. The minimum Gasteiger partial charge on any atom is -0.336 e. The van der Waals surface area contributed by atoms with Gasteiger partial charge in [0.25, 0.3) is 5.91 Å². The number of quaternary nitrogens is 1. The van der Waals surface area contributed by atoms with E-state index in [0.717, 1.165) is 13.0 Å². The lowest BCUT2D eigenvalue weighted by atomic mass is 9.90. The van der Waals surface area contributed by atoms with E-state index in [0.29, 0.717) is 18.5 Å². The van der Waals surface area contributed by atoms with Crippen molar-refractivity contribution < 1.29 is 10.1 Å². The topological polar surface area (TPSA) is 36.9 Å². The molecule has 2 heterocycles. The van der Waals surface area contributed by atoms with Gasteiger partial charge >= 0.3 is 0 Å². The van der Waals surface area contributed by atoms with Crippen LogP contribution in [0.4, 0.5) is 0 Å². The lowest BCUT2D eigenvalue weighted by Gasteiger charge is -2.37. The fourth-order valence-corrected chi connectivity index (χ4v) is 5.47. The molecule has 1 aliphatic carbocycles. The number of aryl methyl sites for hydroxylation is 1. The van der Waals surface area contributed by atoms with E-state index in [2.05, 4.69) is 52.9 Å². The van der Waals surface area contributed by atoms with Gasteiger partial charge in [-0.05, 0) is 67.2 Å². The van der Waals surface area contributed by atoms with Crippen LogP contribution in [0.15, 0.2) is 35.7 Å². The Morgan fingerprint density at radius 3 is 2.77 bits per heavy atom. The smallest absolute Gasteiger partial charge is 0.278 e. The molecule has 0 bridgehead atoms. The van der Waals surface area contributed by atoms with Crippen LogP contribution in [0.2, 0.25) is 0 Å². The molecule has 138 valence electrons. The van der Waals surface area contributed by atoms with Crippen molar-refractivity contribution in [2.75, 3.05) is 13.1 Å². The quantitative estimate of drug-likeness (QED) is 0.881. The Labute approximate surface area is 160 Å². The van der Waals surface area contributed by atoms with Crippen molar-refractivity contribution in [3.8, 4) is 0 Å². The molecule has 1 aromatic carbocycles. The van der Waals surface area contributed by atoms with Gasteiger partial charge in [0.05, 0.1) is 12.1 Å². The highest BCUT2D eigenvalue weighted by atomic mass is 32.1. The molecule has 0 unspecified atom stereocenters. The van der Waals surface area contributed by atoms with Crippen LogP contribution in [0.1, 0.15) is 59.7 Å². The van der Waals surface area contributed by atoms with Crippen molar-refractivity contribution in [3.63, 3.8) is 0 Å². The molecule has 2 aromatic rings. The fraction of sp³-hybridized carbons (Fsp3) is 0.500. The summed E-state index contributed by atoms with van der Waals surface area (Å²) in [5, 5.41) is 4.48. The second-order valence-electron chi connectivity index (χ2n) is 7.73. The number of amides is 1. The number of carbonyl (C=O) groups is 1. The average Bonchev–Trinajstić information content (AvgIpc) is 3.15. The van der Waals surface area contributed by atoms with E-state index < -0.39 is 0 Å². The zero-order valence-corrected chi connectivity index (χ0v) is 16.4. The van der Waals surface area contributed by atoms with E-state index in [9.17, 15) is 4.79 Å². The zero-order valence-electron chi connectivity index (χ0n) is 15.6. The predicted octanol–water partition coefficient (Wildman–Crippen LogP) is 3.43. The molecular weight excluding hydrogens is 340 g/mol. The Morgan fingerprint density at radius 2 is 1.96 bits per heavy atom. The molecule has 1 aromatic heterocycles. The van der Waals surface area contributed by atoms with Crippen molar-refractivity contribution in [2.45, 2.75) is 57.5 Å². The number of rotatable bonds is 4. The van der Waals surface area contributed by atoms with Gasteiger partial charge in [0.2, 0.25) is 0 Å². The van der Waals surface area contributed by atoms with Gasteiger partial charge in [-0.2, -0.15) is 0 Å². The van der Waals surface area contributed by atoms with Gasteiger partial charge in [0.1, 0.15) is 0 Å². The van der Waals surface area contributed by atoms with Crippen LogP contribution in [-0.2, 0) is 11.2 Å². The third-order valence-electron chi connectivity index (χ3n) is 6.04. The van der Waals surface area contributed by atoms with Crippen molar-refractivity contribution in [1.82, 2.24) is 4.90 Å². The van der Waals surface area contributed by atoms with E-state index in [-0.39, 0.29) is 6.04 Å². The monoisotopic (exact) mass is 369 g/mol. The number of fused-ring (bicyclic) bond motifs is 1. The van der Waals surface area contributed by atoms with Gasteiger partial charge in [0, 0.05) is 11.4 Å². The second kappa shape index (κ2) is 7.93. The van der Waals surface area contributed by atoms with Crippen LogP contribution < -0.4 is 5.32 Å². The maximum Gasteiger partial charge on any atom is 0.278 e. The Hall–Kier alpha value is -1.65. The van der Waals surface area contributed by atoms with Crippen LogP contribution in [-0.4, -0.2) is 29.9 Å². The SMILES string of the molecule is Cc1ccccc1[C@H]1c2ccsc2CCN1C(=O)C[NH2+]C1CCCCC1. The van der Waals surface area contributed by atoms with Crippen LogP contribution in [0.5, 0.6) is 0 Å². The van der Waals surface area contributed by atoms with Crippen LogP contribution in [0.25, 0.3) is 0 Å². The first-order valence-corrected chi connectivity index (χ1v) is 10.9. The number of nitrogens with zero attached hydrogens (tertiary/aromatic N) is 1. The van der Waals surface area contributed by atoms with E-state index in [1.54, 1.807) is 0 Å². The predicted molar refractivity (Wildman–Crippen MR) is 106 cm³/mol. The van der Waals surface area contributed by atoms with Gasteiger partial charge < -0.3 is 10.2 Å². The van der Waals surface area contributed by atoms with E-state index in [4.69, 9.17) is 0 Å². The molecule has 2 N–H and O–H groups in total. The molecule has 1 amide bonds. The van der Waals surface area contributed by atoms with Gasteiger partial charge in [-0.25, -0.2) is 0 Å². The molecule has 2 aliphatic rings. The van der Waals surface area contributed by atoms with Crippen molar-refractivity contribution in [1.29, 1.82) is 0 Å². The van der Waals surface area contributed by atoms with Gasteiger partial charge in [0.15, 0.2) is 6.54 Å². The summed E-state index contributed by atoms with van der Waals surface area (Å²) in [4.78, 5) is 16.7. The first-order chi connectivity index (χ1) is 12.7. The molecule has 1 aliphatic heterocycles. The minimum atomic E-state index is 0.0819. The lowest BCUT2D eigenvalue weighted by molar-refractivity contribution is -0.682. The molecule has 0 spiro atoms. The summed E-state index contributed by atoms with van der Waals surface area (Å²) in [6.45, 7) is 3.59. The lowest BCUT2D eigenvalue weighted by Crippen LogP contribution is -2.92. The van der Waals surface area contributed by atoms with E-state index >= 15 is 0 Å². The summed E-state index contributed by atoms with van der Waals surface area (Å²) < 4.78 is 0. The highest BCUT2D eigenvalue weighted by Gasteiger charge is 2.34. The number of nitrogens with two attached hydrogens (primary N) is 1. The fourth-order valence-electron chi connectivity index (χ4n) is 4.57. The summed E-state index contributed by atoms with van der Waals surface area (Å²) in [5.41, 5.74) is 3.88. The molecular formula is C22H29N2OS+. The Balaban J connectivity index is 1.55. The Morgan fingerprint density at radius 1 is 1.15 bits per heavy atom. The molecule has 4 rings (SSSR count). The van der Waals surface area contributed by atoms with Crippen molar-refractivity contribution in [3.05, 3.63) is 57.3 Å². The van der Waals surface area contributed by atoms with Crippen LogP contribution >= 0.6 is 11.3 Å². The van der Waals surface area contributed by atoms with E-state index in [1.165, 1.54) is 53.7 Å². The van der Waals surface area contributed by atoms with Gasteiger partial charge in [-0.15, -0.1) is 11.3 Å². The Bertz CT molecular complexity index is 763. The summed E-state index contributed by atoms with van der Waals surface area (Å²) in [7, 11) is 0. The zero-order chi connectivity index (χ0) is 17.9. The summed E-state index contributed by atoms with van der Waals surface area (Å²) in [6.07, 6.45) is 7.53. The standard InChI is InChI=1S/C22H28N2OS/c1-16-7-5-6-10-18(16)22-19-12-14-26-20(19)11-13-24(22)21(25)15-23-17-8-3-2-4-9-17/h5-7,10,12,14,17,22-23H,2-4,8-9,11,13,15H2,1H3/p+1/t22-/m0/s1. The van der Waals surface area contributed by atoms with E-state index in [1.807, 2.05) is 11.3 Å². The third kappa shape index (κ3) is 3.58. The number of benzene rings is 1. The van der Waals surface area contributed by atoms with Crippen LogP contribution in [0.3, 0.4) is 0 Å². The minimum absolute atomic E-state index is 0.0819. The molecule has 4 heteroatoms. The molecule has 1 atom stereocenters. The molecule has 3 nitrogen and oxygen atoms in total. The maximum atomic E-state index is 13.2. The van der Waals surface area contributed by atoms with Gasteiger partial charge in [-0.1, -0.05) is 30.7 Å². The largest absolute Gasteiger partial charge is 0.336 e. The molecule has 1 fully saturated rings. The number of thiophene rings is 1. The summed E-state index contributed by atoms with van der Waals surface area (Å²) >= 11 is 1.83. The summed E-state index contributed by atoms with van der Waals surface area (Å²) in [5.74, 6) is 0.292. The highest BCUT2D eigenvalue weighted by Crippen LogP contribution is 2.38. The second-order valence-corrected chi connectivity index (χ2v) is 8.73. The molecule has 0 radical (unpaired) electrons. The van der Waals surface area contributed by atoms with Gasteiger partial charge in [-0.3, -0.25) is 4.79 Å². The van der Waals surface area contributed by atoms with Crippen LogP contribution in [0, 0.1) is 6.92 Å². The highest BCUT2D eigenvalue weighted by molar-refractivity contribution is 7.10. The molecule has 1 saturated carbocycles. The number of hydrogen-bond donors (Lipinski definition) is 1. The maximum absolute atomic E-state index is 13.2. The first kappa shape index (κ1) is 17.7. The normalized spacial score (nSPS) is 20.8. The Kier molecular flexibility index (Phi) is 5.41. The number of hydrogen-bond acceptors (Lipinski definition) is 2. The summed E-state index contributed by atoms with van der Waals surface area (Å²) in [6, 6.07) is 11.5. The third-order valence-corrected chi connectivity index (χ3v) is 7.04. The average molecular weight is 370 g/mol. The van der Waals surface area contributed by atoms with Crippen molar-refractivity contribution >= 4 is 17.2 Å². The number of carbonyl (C=O) groups excluding carboxylic acids is 1.